The highest BCUT2D eigenvalue weighted by Gasteiger charge is 2.21. The van der Waals surface area contributed by atoms with Gasteiger partial charge in [-0.1, -0.05) is 57.2 Å². The first-order chi connectivity index (χ1) is 14.9. The Balaban J connectivity index is 2.19. The second kappa shape index (κ2) is 5.56. The van der Waals surface area contributed by atoms with Crippen molar-refractivity contribution in [2.24, 2.45) is 5.41 Å². The Morgan fingerprint density at radius 1 is 1.00 bits per heavy atom. The third-order valence-electron chi connectivity index (χ3n) is 4.92. The summed E-state index contributed by atoms with van der Waals surface area (Å²) in [5, 5.41) is 4.77. The van der Waals surface area contributed by atoms with E-state index in [1.54, 1.807) is 27.0 Å². The normalized spacial score (nSPS) is 16.3. The largest absolute Gasteiger partial charge is 0.464 e. The minimum Gasteiger partial charge on any atom is -0.464 e. The fourth-order valence-electron chi connectivity index (χ4n) is 3.89. The lowest BCUT2D eigenvalue weighted by Gasteiger charge is -2.22. The number of rotatable bonds is 1. The number of aryl methyl sites for hydroxylation is 1. The molecule has 0 aliphatic heterocycles. The molecule has 2 heteroatoms. The molecule has 2 nitrogen and oxygen atoms in total. The molecule has 0 aliphatic rings. The Labute approximate surface area is 165 Å². The van der Waals surface area contributed by atoms with E-state index in [0.717, 1.165) is 21.5 Å². The molecule has 2 heterocycles. The number of hydrogen-bond donors (Lipinski definition) is 0. The molecular weight excluding hydrogens is 330 g/mol. The molecule has 0 atom stereocenters. The van der Waals surface area contributed by atoms with Gasteiger partial charge in [-0.3, -0.25) is 4.98 Å². The maximum atomic E-state index is 9.13. The second-order valence-electron chi connectivity index (χ2n) is 8.02. The second-order valence-corrected chi connectivity index (χ2v) is 8.02. The van der Waals surface area contributed by atoms with Gasteiger partial charge in [0.15, 0.2) is 0 Å². The first-order valence-electron chi connectivity index (χ1n) is 11.6. The minimum absolute atomic E-state index is 0.0648. The highest BCUT2D eigenvalue weighted by Crippen LogP contribution is 2.41. The lowest BCUT2D eigenvalue weighted by atomic mass is 9.83. The van der Waals surface area contributed by atoms with Crippen molar-refractivity contribution >= 4 is 43.4 Å². The molecule has 0 unspecified atom stereocenters. The van der Waals surface area contributed by atoms with Crippen molar-refractivity contribution in [2.75, 3.05) is 0 Å². The van der Waals surface area contributed by atoms with Crippen LogP contribution in [0.25, 0.3) is 43.4 Å². The molecule has 5 rings (SSSR count). The van der Waals surface area contributed by atoms with Gasteiger partial charge < -0.3 is 4.42 Å². The van der Waals surface area contributed by atoms with Gasteiger partial charge in [0.1, 0.15) is 5.58 Å². The lowest BCUT2D eigenvalue weighted by Crippen LogP contribution is -2.11. The van der Waals surface area contributed by atoms with Crippen LogP contribution in [0.2, 0.25) is 0 Å². The van der Waals surface area contributed by atoms with Crippen molar-refractivity contribution in [1.82, 2.24) is 4.98 Å². The van der Waals surface area contributed by atoms with Crippen LogP contribution in [0.3, 0.4) is 0 Å². The molecule has 0 aliphatic carbocycles. The molecule has 0 radical (unpaired) electrons. The van der Waals surface area contributed by atoms with Crippen LogP contribution < -0.4 is 0 Å². The molecule has 27 heavy (non-hydrogen) atoms. The van der Waals surface area contributed by atoms with Crippen LogP contribution in [0.15, 0.2) is 59.3 Å². The van der Waals surface area contributed by atoms with Gasteiger partial charge in [0.05, 0.1) is 11.8 Å². The summed E-state index contributed by atoms with van der Waals surface area (Å²) < 4.78 is 48.7. The third-order valence-corrected chi connectivity index (χ3v) is 4.92. The van der Waals surface area contributed by atoms with Crippen LogP contribution in [-0.4, -0.2) is 4.98 Å². The van der Waals surface area contributed by atoms with Crippen molar-refractivity contribution in [1.29, 1.82) is 0 Å². The van der Waals surface area contributed by atoms with Crippen LogP contribution in [0.4, 0.5) is 0 Å². The first-order valence-corrected chi connectivity index (χ1v) is 9.07. The van der Waals surface area contributed by atoms with Crippen molar-refractivity contribution in [3.63, 3.8) is 0 Å². The number of pyridine rings is 1. The third kappa shape index (κ3) is 2.43. The average molecular weight is 358 g/mol. The topological polar surface area (TPSA) is 26.0 Å². The standard InChI is InChI=1S/C25H23NO/c1-15-14-26-23-19-8-6-5-7-17(19)18-10-9-16-11-12-27-24(16)22(18)21(23)20(15)13-25(2,3)4/h5-12,14H,13H2,1-4H3/i1D3,13D2. The fraction of sp³-hybridized carbons (Fsp3) is 0.240. The Bertz CT molecular complexity index is 1520. The zero-order valence-corrected chi connectivity index (χ0v) is 15.6. The van der Waals surface area contributed by atoms with Gasteiger partial charge in [-0.15, -0.1) is 0 Å². The number of nitrogens with zero attached hydrogens (tertiary/aromatic N) is 1. The van der Waals surface area contributed by atoms with E-state index in [4.69, 9.17) is 11.3 Å². The summed E-state index contributed by atoms with van der Waals surface area (Å²) in [4.78, 5) is 4.60. The molecule has 2 aromatic heterocycles. The van der Waals surface area contributed by atoms with Crippen LogP contribution >= 0.6 is 0 Å². The zero-order valence-electron chi connectivity index (χ0n) is 20.6. The summed E-state index contributed by atoms with van der Waals surface area (Å²) >= 11 is 0. The first kappa shape index (κ1) is 11.8. The highest BCUT2D eigenvalue weighted by molar-refractivity contribution is 6.30. The molecule has 0 saturated heterocycles. The van der Waals surface area contributed by atoms with Gasteiger partial charge in [-0.05, 0) is 46.6 Å². The van der Waals surface area contributed by atoms with Gasteiger partial charge in [0.2, 0.25) is 0 Å². The minimum atomic E-state index is -2.52. The Morgan fingerprint density at radius 3 is 2.59 bits per heavy atom. The van der Waals surface area contributed by atoms with Crippen LogP contribution in [-0.2, 0) is 6.37 Å². The van der Waals surface area contributed by atoms with E-state index in [1.807, 2.05) is 42.5 Å². The predicted octanol–water partition coefficient (Wildman–Crippen LogP) is 7.18. The van der Waals surface area contributed by atoms with Crippen molar-refractivity contribution in [3.05, 3.63) is 66.1 Å². The van der Waals surface area contributed by atoms with Gasteiger partial charge >= 0.3 is 0 Å². The quantitative estimate of drug-likeness (QED) is 0.296. The monoisotopic (exact) mass is 358 g/mol. The average Bonchev–Trinajstić information content (AvgIpc) is 3.20. The zero-order chi connectivity index (χ0) is 23.1. The summed E-state index contributed by atoms with van der Waals surface area (Å²) in [5.41, 5.74) is 0.414. The van der Waals surface area contributed by atoms with E-state index in [9.17, 15) is 0 Å². The van der Waals surface area contributed by atoms with Crippen molar-refractivity contribution in [3.8, 4) is 0 Å². The summed E-state index contributed by atoms with van der Waals surface area (Å²) in [5.74, 6) is 0. The molecule has 0 saturated carbocycles. The summed E-state index contributed by atoms with van der Waals surface area (Å²) in [6.45, 7) is 2.83. The van der Waals surface area contributed by atoms with E-state index in [-0.39, 0.29) is 11.1 Å². The molecule has 0 fully saturated rings. The maximum absolute atomic E-state index is 9.13. The van der Waals surface area contributed by atoms with E-state index in [0.29, 0.717) is 21.9 Å². The predicted molar refractivity (Wildman–Crippen MR) is 114 cm³/mol. The number of aromatic nitrogens is 1. The maximum Gasteiger partial charge on any atom is 0.142 e. The fourth-order valence-corrected chi connectivity index (χ4v) is 3.89. The molecule has 0 N–H and O–H groups in total. The molecule has 3 aromatic carbocycles. The van der Waals surface area contributed by atoms with E-state index in [2.05, 4.69) is 4.98 Å². The smallest absolute Gasteiger partial charge is 0.142 e. The van der Waals surface area contributed by atoms with Crippen LogP contribution in [0.5, 0.6) is 0 Å². The number of benzene rings is 3. The Hall–Kier alpha value is -2.87. The highest BCUT2D eigenvalue weighted by atomic mass is 16.3. The van der Waals surface area contributed by atoms with Crippen molar-refractivity contribution in [2.45, 2.75) is 34.0 Å². The SMILES string of the molecule is [2H]C([2H])([2H])c1cnc2c3ccccc3c3ccc4ccoc4c3c2c1C([2H])([2H])C(C)(C)C. The summed E-state index contributed by atoms with van der Waals surface area (Å²) in [6.07, 6.45) is 0.973. The van der Waals surface area contributed by atoms with Gasteiger partial charge in [0.25, 0.3) is 0 Å². The molecule has 0 amide bonds. The molecule has 134 valence electrons. The van der Waals surface area contributed by atoms with Crippen molar-refractivity contribution < 1.29 is 11.3 Å². The van der Waals surface area contributed by atoms with Crippen LogP contribution in [0.1, 0.15) is 38.8 Å². The van der Waals surface area contributed by atoms with Crippen LogP contribution in [0, 0.1) is 12.3 Å². The number of furan rings is 1. The lowest BCUT2D eigenvalue weighted by molar-refractivity contribution is 0.412. The Morgan fingerprint density at radius 2 is 1.81 bits per heavy atom. The Kier molecular flexibility index (Phi) is 2.42. The molecule has 5 aromatic rings. The van der Waals surface area contributed by atoms with E-state index < -0.39 is 18.6 Å². The molecule has 0 spiro atoms. The van der Waals surface area contributed by atoms with E-state index >= 15 is 0 Å². The van der Waals surface area contributed by atoms with Gasteiger partial charge in [-0.2, -0.15) is 0 Å². The molecular formula is C25H23NO. The summed E-state index contributed by atoms with van der Waals surface area (Å²) in [7, 11) is 0. The van der Waals surface area contributed by atoms with Gasteiger partial charge in [-0.25, -0.2) is 0 Å². The van der Waals surface area contributed by atoms with Gasteiger partial charge in [0, 0.05) is 34.6 Å². The molecule has 0 bridgehead atoms. The van der Waals surface area contributed by atoms with E-state index in [1.165, 1.54) is 6.20 Å². The number of fused-ring (bicyclic) bond motifs is 8. The summed E-state index contributed by atoms with van der Waals surface area (Å²) in [6, 6.07) is 13.6. The number of hydrogen-bond acceptors (Lipinski definition) is 2.